The smallest absolute Gasteiger partial charge is 0.241 e. The summed E-state index contributed by atoms with van der Waals surface area (Å²) in [6.45, 7) is 6.99. The van der Waals surface area contributed by atoms with Gasteiger partial charge in [-0.3, -0.25) is 14.4 Å². The zero-order valence-corrected chi connectivity index (χ0v) is 14.6. The molecule has 0 unspecified atom stereocenters. The molecule has 0 bridgehead atoms. The average molecular weight is 334 g/mol. The van der Waals surface area contributed by atoms with Crippen molar-refractivity contribution < 1.29 is 19.1 Å². The van der Waals surface area contributed by atoms with Gasteiger partial charge in [-0.2, -0.15) is 0 Å². The van der Waals surface area contributed by atoms with Gasteiger partial charge in [-0.05, 0) is 39.3 Å². The van der Waals surface area contributed by atoms with Crippen molar-refractivity contribution in [1.29, 1.82) is 0 Å². The second-order valence-electron chi connectivity index (χ2n) is 5.38. The van der Waals surface area contributed by atoms with Gasteiger partial charge in [0.25, 0.3) is 0 Å². The van der Waals surface area contributed by atoms with Crippen LogP contribution >= 0.6 is 0 Å². The molecule has 6 heteroatoms. The van der Waals surface area contributed by atoms with E-state index in [-0.39, 0.29) is 30.6 Å². The first-order valence-electron chi connectivity index (χ1n) is 8.26. The van der Waals surface area contributed by atoms with Crippen molar-refractivity contribution in [2.75, 3.05) is 26.2 Å². The van der Waals surface area contributed by atoms with Crippen LogP contribution in [0.5, 0.6) is 5.75 Å². The van der Waals surface area contributed by atoms with Gasteiger partial charge >= 0.3 is 0 Å². The van der Waals surface area contributed by atoms with Gasteiger partial charge in [0.2, 0.25) is 11.8 Å². The van der Waals surface area contributed by atoms with E-state index in [9.17, 15) is 14.4 Å². The number of Topliss-reactive ketones (excluding diaryl/α,β-unsaturated/α-hetero) is 1. The van der Waals surface area contributed by atoms with Gasteiger partial charge < -0.3 is 15.0 Å². The molecule has 0 aliphatic carbocycles. The Morgan fingerprint density at radius 2 is 1.88 bits per heavy atom. The second-order valence-corrected chi connectivity index (χ2v) is 5.38. The molecule has 1 aromatic carbocycles. The first-order valence-corrected chi connectivity index (χ1v) is 8.26. The summed E-state index contributed by atoms with van der Waals surface area (Å²) in [5.74, 6) is 0.347. The van der Waals surface area contributed by atoms with Gasteiger partial charge in [0.1, 0.15) is 5.75 Å². The Kier molecular flexibility index (Phi) is 8.54. The van der Waals surface area contributed by atoms with Crippen molar-refractivity contribution in [3.8, 4) is 5.75 Å². The predicted molar refractivity (Wildman–Crippen MR) is 92.1 cm³/mol. The fourth-order valence-electron chi connectivity index (χ4n) is 2.18. The van der Waals surface area contributed by atoms with Crippen LogP contribution in [0.25, 0.3) is 0 Å². The number of carbonyl (C=O) groups excluding carboxylic acids is 3. The number of nitrogens with zero attached hydrogens (tertiary/aromatic N) is 1. The third-order valence-electron chi connectivity index (χ3n) is 3.61. The van der Waals surface area contributed by atoms with Crippen molar-refractivity contribution in [3.63, 3.8) is 0 Å². The molecule has 0 radical (unpaired) electrons. The molecule has 0 saturated heterocycles. The van der Waals surface area contributed by atoms with Gasteiger partial charge in [-0.1, -0.05) is 12.1 Å². The van der Waals surface area contributed by atoms with Crippen LogP contribution < -0.4 is 10.1 Å². The summed E-state index contributed by atoms with van der Waals surface area (Å²) in [7, 11) is 0. The lowest BCUT2D eigenvalue weighted by molar-refractivity contribution is -0.132. The third-order valence-corrected chi connectivity index (χ3v) is 3.61. The minimum Gasteiger partial charge on any atom is -0.494 e. The minimum atomic E-state index is -0.170. The van der Waals surface area contributed by atoms with Crippen LogP contribution in [-0.2, 0) is 9.59 Å². The minimum absolute atomic E-state index is 0.0160. The molecule has 1 aromatic rings. The van der Waals surface area contributed by atoms with E-state index >= 15 is 0 Å². The van der Waals surface area contributed by atoms with Crippen LogP contribution in [0.15, 0.2) is 24.3 Å². The molecule has 1 N–H and O–H groups in total. The van der Waals surface area contributed by atoms with Crippen LogP contribution in [0.2, 0.25) is 0 Å². The number of ketones is 1. The molecule has 0 fully saturated rings. The number of likely N-dealkylation sites (N-methyl/N-ethyl adjacent to an activating group) is 1. The molecule has 2 amide bonds. The van der Waals surface area contributed by atoms with Crippen molar-refractivity contribution in [2.24, 2.45) is 0 Å². The molecule has 1 rings (SSSR count). The monoisotopic (exact) mass is 334 g/mol. The number of hydrogen-bond donors (Lipinski definition) is 1. The predicted octanol–water partition coefficient (Wildman–Crippen LogP) is 2.03. The Bertz CT molecular complexity index is 568. The lowest BCUT2D eigenvalue weighted by Gasteiger charge is -2.18. The maximum atomic E-state index is 11.8. The number of nitrogens with one attached hydrogen (secondary N) is 1. The molecule has 0 aliphatic rings. The van der Waals surface area contributed by atoms with E-state index in [4.69, 9.17) is 4.74 Å². The maximum absolute atomic E-state index is 11.8. The lowest BCUT2D eigenvalue weighted by Crippen LogP contribution is -2.40. The molecule has 0 atom stereocenters. The van der Waals surface area contributed by atoms with E-state index in [0.717, 1.165) is 0 Å². The van der Waals surface area contributed by atoms with Gasteiger partial charge in [0, 0.05) is 25.1 Å². The number of amides is 2. The Labute approximate surface area is 143 Å². The van der Waals surface area contributed by atoms with Gasteiger partial charge in [0.05, 0.1) is 13.2 Å². The van der Waals surface area contributed by atoms with Gasteiger partial charge in [0.15, 0.2) is 5.78 Å². The molecule has 132 valence electrons. The zero-order chi connectivity index (χ0) is 17.9. The third kappa shape index (κ3) is 6.81. The summed E-state index contributed by atoms with van der Waals surface area (Å²) in [5, 5.41) is 2.62. The highest BCUT2D eigenvalue weighted by molar-refractivity contribution is 5.94. The fourth-order valence-corrected chi connectivity index (χ4v) is 2.18. The average Bonchev–Trinajstić information content (AvgIpc) is 2.58. The topological polar surface area (TPSA) is 75.7 Å². The standard InChI is InChI=1S/C18H26N2O4/c1-4-20(5-2)18(23)13-19-17(22)10-7-11-24-16-9-6-8-15(12-16)14(3)21/h6,8-9,12H,4-5,7,10-11,13H2,1-3H3,(H,19,22). The quantitative estimate of drug-likeness (QED) is 0.525. The first kappa shape index (κ1) is 19.7. The Hall–Kier alpha value is -2.37. The SMILES string of the molecule is CCN(CC)C(=O)CNC(=O)CCCOc1cccc(C(C)=O)c1. The van der Waals surface area contributed by atoms with Crippen molar-refractivity contribution in [1.82, 2.24) is 10.2 Å². The molecular formula is C18H26N2O4. The lowest BCUT2D eigenvalue weighted by atomic mass is 10.1. The van der Waals surface area contributed by atoms with Crippen LogP contribution in [0, 0.1) is 0 Å². The van der Waals surface area contributed by atoms with E-state index in [1.165, 1.54) is 6.92 Å². The number of benzene rings is 1. The Balaban J connectivity index is 2.25. The Morgan fingerprint density at radius 3 is 2.50 bits per heavy atom. The molecular weight excluding hydrogens is 308 g/mol. The number of ether oxygens (including phenoxy) is 1. The highest BCUT2D eigenvalue weighted by Crippen LogP contribution is 2.14. The molecule has 6 nitrogen and oxygen atoms in total. The van der Waals surface area contributed by atoms with Crippen LogP contribution in [0.4, 0.5) is 0 Å². The molecule has 0 aliphatic heterocycles. The van der Waals surface area contributed by atoms with E-state index < -0.39 is 0 Å². The molecule has 0 saturated carbocycles. The van der Waals surface area contributed by atoms with Crippen LogP contribution in [0.3, 0.4) is 0 Å². The Morgan fingerprint density at radius 1 is 1.17 bits per heavy atom. The highest BCUT2D eigenvalue weighted by Gasteiger charge is 2.10. The number of hydrogen-bond acceptors (Lipinski definition) is 4. The van der Waals surface area contributed by atoms with Crippen LogP contribution in [-0.4, -0.2) is 48.7 Å². The summed E-state index contributed by atoms with van der Waals surface area (Å²) in [5.41, 5.74) is 0.597. The van der Waals surface area contributed by atoms with Crippen molar-refractivity contribution in [3.05, 3.63) is 29.8 Å². The molecule has 0 aromatic heterocycles. The van der Waals surface area contributed by atoms with E-state index in [1.54, 1.807) is 29.2 Å². The zero-order valence-electron chi connectivity index (χ0n) is 14.6. The number of carbonyl (C=O) groups is 3. The van der Waals surface area contributed by atoms with Crippen LogP contribution in [0.1, 0.15) is 44.0 Å². The molecule has 24 heavy (non-hydrogen) atoms. The second kappa shape index (κ2) is 10.4. The van der Waals surface area contributed by atoms with Gasteiger partial charge in [-0.25, -0.2) is 0 Å². The first-order chi connectivity index (χ1) is 11.5. The van der Waals surface area contributed by atoms with Gasteiger partial charge in [-0.15, -0.1) is 0 Å². The largest absolute Gasteiger partial charge is 0.494 e. The summed E-state index contributed by atoms with van der Waals surface area (Å²) < 4.78 is 5.54. The molecule has 0 heterocycles. The highest BCUT2D eigenvalue weighted by atomic mass is 16.5. The summed E-state index contributed by atoms with van der Waals surface area (Å²) >= 11 is 0. The van der Waals surface area contributed by atoms with E-state index in [0.29, 0.717) is 37.4 Å². The summed E-state index contributed by atoms with van der Waals surface area (Å²) in [6, 6.07) is 6.95. The number of rotatable bonds is 10. The van der Waals surface area contributed by atoms with E-state index in [2.05, 4.69) is 5.32 Å². The normalized spacial score (nSPS) is 10.1. The fraction of sp³-hybridized carbons (Fsp3) is 0.500. The van der Waals surface area contributed by atoms with E-state index in [1.807, 2.05) is 13.8 Å². The molecule has 0 spiro atoms. The van der Waals surface area contributed by atoms with Crippen molar-refractivity contribution >= 4 is 17.6 Å². The summed E-state index contributed by atoms with van der Waals surface area (Å²) in [4.78, 5) is 36.5. The maximum Gasteiger partial charge on any atom is 0.241 e. The van der Waals surface area contributed by atoms with Crippen molar-refractivity contribution in [2.45, 2.75) is 33.6 Å². The summed E-state index contributed by atoms with van der Waals surface area (Å²) in [6.07, 6.45) is 0.827.